The zero-order valence-electron chi connectivity index (χ0n) is 8.15. The third-order valence-corrected chi connectivity index (χ3v) is 3.95. The summed E-state index contributed by atoms with van der Waals surface area (Å²) in [5.74, 6) is 0.694. The minimum absolute atomic E-state index is 0.694. The predicted octanol–water partition coefficient (Wildman–Crippen LogP) is 3.36. The van der Waals surface area contributed by atoms with Gasteiger partial charge in [0, 0.05) is 18.7 Å². The average Bonchev–Trinajstić information content (AvgIpc) is 2.87. The molecule has 2 rings (SSSR count). The average molecular weight is 259 g/mol. The van der Waals surface area contributed by atoms with Crippen LogP contribution < -0.4 is 0 Å². The van der Waals surface area contributed by atoms with Crippen molar-refractivity contribution >= 4 is 34.3 Å². The monoisotopic (exact) mass is 258 g/mol. The van der Waals surface area contributed by atoms with Gasteiger partial charge in [-0.05, 0) is 28.8 Å². The molecule has 0 radical (unpaired) electrons. The number of hydrogen-bond donors (Lipinski definition) is 0. The fourth-order valence-corrected chi connectivity index (χ4v) is 2.97. The lowest BCUT2D eigenvalue weighted by Gasteiger charge is -1.90. The molecular weight excluding hydrogens is 248 g/mol. The van der Waals surface area contributed by atoms with Gasteiger partial charge in [0.05, 0.1) is 0 Å². The van der Waals surface area contributed by atoms with Crippen molar-refractivity contribution in [2.45, 2.75) is 19.3 Å². The van der Waals surface area contributed by atoms with Gasteiger partial charge in [-0.3, -0.25) is 0 Å². The molecular formula is C10H11ClN2S2. The Morgan fingerprint density at radius 2 is 2.13 bits per heavy atom. The van der Waals surface area contributed by atoms with Gasteiger partial charge in [-0.15, -0.1) is 33.1 Å². The molecule has 80 valence electrons. The molecule has 0 spiro atoms. The van der Waals surface area contributed by atoms with Crippen LogP contribution in [0.3, 0.4) is 0 Å². The molecule has 0 aromatic carbocycles. The van der Waals surface area contributed by atoms with Crippen molar-refractivity contribution in [1.29, 1.82) is 0 Å². The van der Waals surface area contributed by atoms with Gasteiger partial charge in [-0.1, -0.05) is 0 Å². The Morgan fingerprint density at radius 1 is 1.27 bits per heavy atom. The van der Waals surface area contributed by atoms with Gasteiger partial charge in [0.1, 0.15) is 10.0 Å². The third kappa shape index (κ3) is 3.26. The minimum atomic E-state index is 0.694. The first-order chi connectivity index (χ1) is 7.38. The SMILES string of the molecule is ClCCCc1nnc(Cc2ccsc2)s1. The maximum absolute atomic E-state index is 5.63. The molecule has 0 atom stereocenters. The van der Waals surface area contributed by atoms with Crippen LogP contribution in [0.15, 0.2) is 16.8 Å². The molecule has 2 aromatic rings. The van der Waals surface area contributed by atoms with Crippen molar-refractivity contribution in [1.82, 2.24) is 10.2 Å². The second kappa shape index (κ2) is 5.58. The highest BCUT2D eigenvalue weighted by atomic mass is 35.5. The first-order valence-electron chi connectivity index (χ1n) is 4.77. The van der Waals surface area contributed by atoms with Crippen LogP contribution in [0.2, 0.25) is 0 Å². The summed E-state index contributed by atoms with van der Waals surface area (Å²) >= 11 is 9.04. The van der Waals surface area contributed by atoms with Crippen LogP contribution in [0.5, 0.6) is 0 Å². The summed E-state index contributed by atoms with van der Waals surface area (Å²) in [6.45, 7) is 0. The normalized spacial score (nSPS) is 10.7. The Balaban J connectivity index is 1.95. The Hall–Kier alpha value is -0.450. The summed E-state index contributed by atoms with van der Waals surface area (Å²) in [5.41, 5.74) is 1.32. The standard InChI is InChI=1S/C10H11ClN2S2/c11-4-1-2-9-12-13-10(15-9)6-8-3-5-14-7-8/h3,5,7H,1-2,4,6H2. The highest BCUT2D eigenvalue weighted by Crippen LogP contribution is 2.17. The third-order valence-electron chi connectivity index (χ3n) is 1.97. The quantitative estimate of drug-likeness (QED) is 0.769. The van der Waals surface area contributed by atoms with Crippen LogP contribution in [0.4, 0.5) is 0 Å². The Labute approximate surface area is 102 Å². The van der Waals surface area contributed by atoms with E-state index in [2.05, 4.69) is 27.0 Å². The lowest BCUT2D eigenvalue weighted by molar-refractivity contribution is 0.874. The molecule has 0 aliphatic rings. The number of hydrogen-bond acceptors (Lipinski definition) is 4. The first-order valence-corrected chi connectivity index (χ1v) is 7.06. The first kappa shape index (κ1) is 11.0. The molecule has 0 amide bonds. The van der Waals surface area contributed by atoms with Crippen molar-refractivity contribution in [3.05, 3.63) is 32.4 Å². The number of alkyl halides is 1. The van der Waals surface area contributed by atoms with Crippen molar-refractivity contribution in [3.8, 4) is 0 Å². The topological polar surface area (TPSA) is 25.8 Å². The number of rotatable bonds is 5. The van der Waals surface area contributed by atoms with E-state index < -0.39 is 0 Å². The largest absolute Gasteiger partial charge is 0.152 e. The highest BCUT2D eigenvalue weighted by molar-refractivity contribution is 7.11. The summed E-state index contributed by atoms with van der Waals surface area (Å²) in [4.78, 5) is 0. The van der Waals surface area contributed by atoms with Crippen LogP contribution >= 0.6 is 34.3 Å². The lowest BCUT2D eigenvalue weighted by Crippen LogP contribution is -1.84. The fraction of sp³-hybridized carbons (Fsp3) is 0.400. The van der Waals surface area contributed by atoms with E-state index >= 15 is 0 Å². The Bertz CT molecular complexity index is 397. The lowest BCUT2D eigenvalue weighted by atomic mass is 10.3. The van der Waals surface area contributed by atoms with E-state index in [4.69, 9.17) is 11.6 Å². The van der Waals surface area contributed by atoms with E-state index in [9.17, 15) is 0 Å². The molecule has 0 fully saturated rings. The zero-order chi connectivity index (χ0) is 10.5. The molecule has 2 aromatic heterocycles. The number of aromatic nitrogens is 2. The van der Waals surface area contributed by atoms with Gasteiger partial charge in [-0.2, -0.15) is 11.3 Å². The van der Waals surface area contributed by atoms with Crippen LogP contribution in [-0.4, -0.2) is 16.1 Å². The second-order valence-electron chi connectivity index (χ2n) is 3.19. The van der Waals surface area contributed by atoms with Gasteiger partial charge >= 0.3 is 0 Å². The molecule has 15 heavy (non-hydrogen) atoms. The van der Waals surface area contributed by atoms with Crippen LogP contribution in [0.1, 0.15) is 22.0 Å². The molecule has 0 N–H and O–H groups in total. The summed E-state index contributed by atoms with van der Waals surface area (Å²) in [6, 6.07) is 2.13. The summed E-state index contributed by atoms with van der Waals surface area (Å²) in [7, 11) is 0. The zero-order valence-corrected chi connectivity index (χ0v) is 10.5. The summed E-state index contributed by atoms with van der Waals surface area (Å²) < 4.78 is 0. The second-order valence-corrected chi connectivity index (χ2v) is 5.50. The summed E-state index contributed by atoms with van der Waals surface area (Å²) in [5, 5.41) is 14.8. The Morgan fingerprint density at radius 3 is 2.87 bits per heavy atom. The van der Waals surface area contributed by atoms with Crippen molar-refractivity contribution in [2.24, 2.45) is 0 Å². The van der Waals surface area contributed by atoms with E-state index in [1.54, 1.807) is 22.7 Å². The van der Waals surface area contributed by atoms with E-state index in [-0.39, 0.29) is 0 Å². The molecule has 0 aliphatic carbocycles. The van der Waals surface area contributed by atoms with Gasteiger partial charge in [-0.25, -0.2) is 0 Å². The van der Waals surface area contributed by atoms with Gasteiger partial charge < -0.3 is 0 Å². The number of thiophene rings is 1. The van der Waals surface area contributed by atoms with Gasteiger partial charge in [0.15, 0.2) is 0 Å². The minimum Gasteiger partial charge on any atom is -0.152 e. The molecule has 2 nitrogen and oxygen atoms in total. The number of nitrogens with zero attached hydrogens (tertiary/aromatic N) is 2. The van der Waals surface area contributed by atoms with Crippen LogP contribution in [0, 0.1) is 0 Å². The van der Waals surface area contributed by atoms with Crippen LogP contribution in [-0.2, 0) is 12.8 Å². The van der Waals surface area contributed by atoms with E-state index in [1.165, 1.54) is 5.56 Å². The smallest absolute Gasteiger partial charge is 0.121 e. The number of aryl methyl sites for hydroxylation is 1. The van der Waals surface area contributed by atoms with Gasteiger partial charge in [0.25, 0.3) is 0 Å². The van der Waals surface area contributed by atoms with Gasteiger partial charge in [0.2, 0.25) is 0 Å². The molecule has 0 saturated heterocycles. The van der Waals surface area contributed by atoms with Crippen molar-refractivity contribution in [3.63, 3.8) is 0 Å². The van der Waals surface area contributed by atoms with E-state index in [1.807, 2.05) is 0 Å². The van der Waals surface area contributed by atoms with Crippen LogP contribution in [0.25, 0.3) is 0 Å². The molecule has 0 bridgehead atoms. The number of halogens is 1. The maximum Gasteiger partial charge on any atom is 0.121 e. The summed E-state index contributed by atoms with van der Waals surface area (Å²) in [6.07, 6.45) is 2.83. The molecule has 0 saturated carbocycles. The molecule has 0 aliphatic heterocycles. The highest BCUT2D eigenvalue weighted by Gasteiger charge is 2.04. The molecule has 2 heterocycles. The molecule has 5 heteroatoms. The Kier molecular flexibility index (Phi) is 4.11. The predicted molar refractivity (Wildman–Crippen MR) is 66.1 cm³/mol. The van der Waals surface area contributed by atoms with E-state index in [0.717, 1.165) is 29.3 Å². The van der Waals surface area contributed by atoms with Crippen molar-refractivity contribution in [2.75, 3.05) is 5.88 Å². The molecule has 0 unspecified atom stereocenters. The van der Waals surface area contributed by atoms with E-state index in [0.29, 0.717) is 5.88 Å². The van der Waals surface area contributed by atoms with Crippen molar-refractivity contribution < 1.29 is 0 Å². The maximum atomic E-state index is 5.63. The fourth-order valence-electron chi connectivity index (χ4n) is 1.25.